The Morgan fingerprint density at radius 1 is 1.35 bits per heavy atom. The molecular formula is C16H22ClN3. The number of rotatable bonds is 3. The van der Waals surface area contributed by atoms with Crippen LogP contribution in [0.25, 0.3) is 11.0 Å². The molecule has 20 heavy (non-hydrogen) atoms. The van der Waals surface area contributed by atoms with Crippen molar-refractivity contribution in [2.45, 2.75) is 52.0 Å². The third-order valence-electron chi connectivity index (χ3n) is 4.56. The molecule has 2 aromatic heterocycles. The van der Waals surface area contributed by atoms with Gasteiger partial charge in [-0.3, -0.25) is 4.98 Å². The Morgan fingerprint density at radius 2 is 2.10 bits per heavy atom. The largest absolute Gasteiger partial charge is 0.325 e. The summed E-state index contributed by atoms with van der Waals surface area (Å²) in [6, 6.07) is 2.65. The van der Waals surface area contributed by atoms with E-state index in [0.29, 0.717) is 17.3 Å². The van der Waals surface area contributed by atoms with Crippen molar-refractivity contribution in [3.8, 4) is 0 Å². The van der Waals surface area contributed by atoms with Gasteiger partial charge in [-0.1, -0.05) is 13.8 Å². The number of imidazole rings is 1. The molecule has 0 bridgehead atoms. The van der Waals surface area contributed by atoms with Gasteiger partial charge in [0.05, 0.1) is 11.7 Å². The standard InChI is InChI=1S/C16H22ClN3/c1-16(2)7-3-12(4-8-16)20-14-6-10-18-11-13(14)19-15(20)5-9-17/h6,10-12H,3-5,7-9H2,1-2H3. The quantitative estimate of drug-likeness (QED) is 0.787. The number of pyridine rings is 1. The average molecular weight is 292 g/mol. The van der Waals surface area contributed by atoms with E-state index in [4.69, 9.17) is 16.6 Å². The van der Waals surface area contributed by atoms with Crippen LogP contribution in [0, 0.1) is 5.41 Å². The fraction of sp³-hybridized carbons (Fsp3) is 0.625. The van der Waals surface area contributed by atoms with Crippen LogP contribution in [-0.2, 0) is 6.42 Å². The van der Waals surface area contributed by atoms with E-state index in [2.05, 4.69) is 29.5 Å². The molecule has 108 valence electrons. The number of aromatic nitrogens is 3. The highest BCUT2D eigenvalue weighted by Gasteiger charge is 2.29. The highest BCUT2D eigenvalue weighted by Crippen LogP contribution is 2.41. The maximum Gasteiger partial charge on any atom is 0.111 e. The summed E-state index contributed by atoms with van der Waals surface area (Å²) in [6.45, 7) is 4.75. The summed E-state index contributed by atoms with van der Waals surface area (Å²) in [5, 5.41) is 0. The highest BCUT2D eigenvalue weighted by atomic mass is 35.5. The Kier molecular flexibility index (Phi) is 3.72. The number of halogens is 1. The van der Waals surface area contributed by atoms with E-state index >= 15 is 0 Å². The maximum absolute atomic E-state index is 5.95. The highest BCUT2D eigenvalue weighted by molar-refractivity contribution is 6.17. The summed E-state index contributed by atoms with van der Waals surface area (Å²) < 4.78 is 2.43. The van der Waals surface area contributed by atoms with Crippen molar-refractivity contribution in [3.63, 3.8) is 0 Å². The first kappa shape index (κ1) is 13.9. The lowest BCUT2D eigenvalue weighted by Gasteiger charge is -2.35. The molecule has 0 saturated heterocycles. The minimum absolute atomic E-state index is 0.487. The Morgan fingerprint density at radius 3 is 2.80 bits per heavy atom. The molecule has 0 radical (unpaired) electrons. The molecule has 0 aromatic carbocycles. The first-order chi connectivity index (χ1) is 9.61. The van der Waals surface area contributed by atoms with Crippen LogP contribution in [0.1, 0.15) is 51.4 Å². The molecule has 0 atom stereocenters. The van der Waals surface area contributed by atoms with Crippen molar-refractivity contribution in [3.05, 3.63) is 24.3 Å². The first-order valence-corrected chi connectivity index (χ1v) is 8.01. The van der Waals surface area contributed by atoms with Crippen LogP contribution >= 0.6 is 11.6 Å². The van der Waals surface area contributed by atoms with E-state index in [9.17, 15) is 0 Å². The Bertz CT molecular complexity index is 593. The van der Waals surface area contributed by atoms with Gasteiger partial charge in [-0.05, 0) is 37.2 Å². The summed E-state index contributed by atoms with van der Waals surface area (Å²) in [7, 11) is 0. The summed E-state index contributed by atoms with van der Waals surface area (Å²) >= 11 is 5.95. The van der Waals surface area contributed by atoms with Crippen LogP contribution in [-0.4, -0.2) is 20.4 Å². The lowest BCUT2D eigenvalue weighted by molar-refractivity contribution is 0.194. The SMILES string of the molecule is CC1(C)CCC(n2c(CCCl)nc3cnccc32)CC1. The molecule has 4 heteroatoms. The van der Waals surface area contributed by atoms with Crippen LogP contribution in [0.5, 0.6) is 0 Å². The van der Waals surface area contributed by atoms with Gasteiger partial charge in [-0.15, -0.1) is 11.6 Å². The summed E-state index contributed by atoms with van der Waals surface area (Å²) in [6.07, 6.45) is 9.57. The van der Waals surface area contributed by atoms with Crippen LogP contribution in [0.4, 0.5) is 0 Å². The Balaban J connectivity index is 1.99. The van der Waals surface area contributed by atoms with Gasteiger partial charge in [0.2, 0.25) is 0 Å². The lowest BCUT2D eigenvalue weighted by atomic mass is 9.75. The molecule has 0 aliphatic heterocycles. The second-order valence-corrected chi connectivity index (χ2v) is 6.97. The lowest BCUT2D eigenvalue weighted by Crippen LogP contribution is -2.24. The fourth-order valence-electron chi connectivity index (χ4n) is 3.31. The summed E-state index contributed by atoms with van der Waals surface area (Å²) in [5.74, 6) is 1.74. The molecule has 1 saturated carbocycles. The number of hydrogen-bond donors (Lipinski definition) is 0. The molecule has 0 spiro atoms. The molecule has 2 heterocycles. The van der Waals surface area contributed by atoms with Crippen molar-refractivity contribution >= 4 is 22.6 Å². The normalized spacial score (nSPS) is 19.6. The zero-order valence-electron chi connectivity index (χ0n) is 12.3. The van der Waals surface area contributed by atoms with Gasteiger partial charge in [0.1, 0.15) is 11.3 Å². The molecule has 1 aliphatic carbocycles. The van der Waals surface area contributed by atoms with E-state index < -0.39 is 0 Å². The average Bonchev–Trinajstić information content (AvgIpc) is 2.78. The molecule has 0 unspecified atom stereocenters. The number of aryl methyl sites for hydroxylation is 1. The van der Waals surface area contributed by atoms with Gasteiger partial charge >= 0.3 is 0 Å². The van der Waals surface area contributed by atoms with Gasteiger partial charge in [0, 0.05) is 24.5 Å². The van der Waals surface area contributed by atoms with E-state index in [-0.39, 0.29) is 0 Å². The van der Waals surface area contributed by atoms with E-state index in [1.807, 2.05) is 12.4 Å². The predicted molar refractivity (Wildman–Crippen MR) is 83.2 cm³/mol. The number of hydrogen-bond acceptors (Lipinski definition) is 2. The smallest absolute Gasteiger partial charge is 0.111 e. The second-order valence-electron chi connectivity index (χ2n) is 6.60. The van der Waals surface area contributed by atoms with Gasteiger partial charge in [-0.25, -0.2) is 4.98 Å². The van der Waals surface area contributed by atoms with Gasteiger partial charge < -0.3 is 4.57 Å². The van der Waals surface area contributed by atoms with E-state index in [0.717, 1.165) is 17.8 Å². The number of fused-ring (bicyclic) bond motifs is 1. The Labute approximate surface area is 125 Å². The third-order valence-corrected chi connectivity index (χ3v) is 4.75. The fourth-order valence-corrected chi connectivity index (χ4v) is 3.48. The zero-order chi connectivity index (χ0) is 14.2. The molecule has 1 fully saturated rings. The van der Waals surface area contributed by atoms with Crippen LogP contribution in [0.2, 0.25) is 0 Å². The Hall–Kier alpha value is -1.09. The van der Waals surface area contributed by atoms with Crippen molar-refractivity contribution in [1.29, 1.82) is 0 Å². The molecule has 1 aliphatic rings. The van der Waals surface area contributed by atoms with E-state index in [1.165, 1.54) is 31.2 Å². The number of nitrogens with zero attached hydrogens (tertiary/aromatic N) is 3. The van der Waals surface area contributed by atoms with Gasteiger partial charge in [-0.2, -0.15) is 0 Å². The predicted octanol–water partition coefficient (Wildman–Crippen LogP) is 4.35. The number of alkyl halides is 1. The van der Waals surface area contributed by atoms with Crippen molar-refractivity contribution in [1.82, 2.24) is 14.5 Å². The first-order valence-electron chi connectivity index (χ1n) is 7.47. The van der Waals surface area contributed by atoms with Gasteiger partial charge in [0.25, 0.3) is 0 Å². The van der Waals surface area contributed by atoms with Crippen molar-refractivity contribution in [2.75, 3.05) is 5.88 Å². The zero-order valence-corrected chi connectivity index (χ0v) is 13.0. The third kappa shape index (κ3) is 2.56. The molecule has 0 amide bonds. The molecule has 0 N–H and O–H groups in total. The van der Waals surface area contributed by atoms with Gasteiger partial charge in [0.15, 0.2) is 0 Å². The van der Waals surface area contributed by atoms with Crippen LogP contribution in [0.15, 0.2) is 18.5 Å². The summed E-state index contributed by atoms with van der Waals surface area (Å²) in [5.41, 5.74) is 2.70. The van der Waals surface area contributed by atoms with Crippen molar-refractivity contribution < 1.29 is 0 Å². The molecule has 3 rings (SSSR count). The minimum Gasteiger partial charge on any atom is -0.325 e. The van der Waals surface area contributed by atoms with Crippen LogP contribution in [0.3, 0.4) is 0 Å². The summed E-state index contributed by atoms with van der Waals surface area (Å²) in [4.78, 5) is 8.92. The monoisotopic (exact) mass is 291 g/mol. The minimum atomic E-state index is 0.487. The van der Waals surface area contributed by atoms with E-state index in [1.54, 1.807) is 0 Å². The van der Waals surface area contributed by atoms with Crippen molar-refractivity contribution in [2.24, 2.45) is 5.41 Å². The maximum atomic E-state index is 5.95. The molecular weight excluding hydrogens is 270 g/mol. The van der Waals surface area contributed by atoms with Crippen LogP contribution < -0.4 is 0 Å². The topological polar surface area (TPSA) is 30.7 Å². The second kappa shape index (κ2) is 5.36. The molecule has 2 aromatic rings. The molecule has 3 nitrogen and oxygen atoms in total.